The van der Waals surface area contributed by atoms with Gasteiger partial charge in [-0.25, -0.2) is 9.59 Å². The fourth-order valence-electron chi connectivity index (χ4n) is 1.70. The Bertz CT molecular complexity index is 555. The zero-order chi connectivity index (χ0) is 16.9. The minimum atomic E-state index is -0.705. The van der Waals surface area contributed by atoms with Crippen LogP contribution in [-0.4, -0.2) is 38.1 Å². The number of anilines is 1. The van der Waals surface area contributed by atoms with Crippen LogP contribution in [0.2, 0.25) is 0 Å². The summed E-state index contributed by atoms with van der Waals surface area (Å²) in [6, 6.07) is 3.44. The number of hydrogen-bond donors (Lipinski definition) is 2. The van der Waals surface area contributed by atoms with Crippen molar-refractivity contribution in [2.75, 3.05) is 19.5 Å². The molecule has 7 nitrogen and oxygen atoms in total. The summed E-state index contributed by atoms with van der Waals surface area (Å²) in [5, 5.41) is 2.58. The van der Waals surface area contributed by atoms with Crippen LogP contribution in [0.1, 0.15) is 34.6 Å². The van der Waals surface area contributed by atoms with Gasteiger partial charge in [0.1, 0.15) is 0 Å². The summed E-state index contributed by atoms with van der Waals surface area (Å²) < 4.78 is 9.24. The molecule has 23 heavy (non-hydrogen) atoms. The maximum atomic E-state index is 12.0. The highest BCUT2D eigenvalue weighted by Crippen LogP contribution is 2.17. The van der Waals surface area contributed by atoms with Crippen molar-refractivity contribution in [1.29, 1.82) is 0 Å². The van der Waals surface area contributed by atoms with Crippen molar-refractivity contribution in [3.05, 3.63) is 29.3 Å². The minimum absolute atomic E-state index is 0. The number of nitrogens with two attached hydrogens (primary N) is 1. The molecule has 0 aliphatic carbocycles. The maximum Gasteiger partial charge on any atom is 0.337 e. The molecule has 1 rings (SSSR count). The van der Waals surface area contributed by atoms with E-state index in [9.17, 15) is 14.4 Å². The first-order chi connectivity index (χ1) is 10.3. The highest BCUT2D eigenvalue weighted by molar-refractivity contribution is 6.00. The molecule has 8 heteroatoms. The minimum Gasteiger partial charge on any atom is -0.465 e. The third kappa shape index (κ3) is 5.54. The van der Waals surface area contributed by atoms with Gasteiger partial charge < -0.3 is 20.5 Å². The average molecular weight is 345 g/mol. The first-order valence-corrected chi connectivity index (χ1v) is 6.68. The lowest BCUT2D eigenvalue weighted by molar-refractivity contribution is -0.118. The van der Waals surface area contributed by atoms with Crippen molar-refractivity contribution < 1.29 is 23.9 Å². The zero-order valence-electron chi connectivity index (χ0n) is 13.4. The molecule has 1 aromatic rings. The number of amides is 1. The van der Waals surface area contributed by atoms with E-state index in [0.717, 1.165) is 0 Å². The van der Waals surface area contributed by atoms with E-state index in [1.165, 1.54) is 32.4 Å². The molecule has 0 bridgehead atoms. The van der Waals surface area contributed by atoms with Crippen molar-refractivity contribution in [3.63, 3.8) is 0 Å². The fraction of sp³-hybridized carbons (Fsp3) is 0.400. The van der Waals surface area contributed by atoms with Gasteiger partial charge in [-0.2, -0.15) is 0 Å². The Morgan fingerprint density at radius 2 is 1.43 bits per heavy atom. The Balaban J connectivity index is 0.00000484. The number of benzene rings is 1. The number of methoxy groups -OCH3 is 2. The number of hydrogen-bond acceptors (Lipinski definition) is 6. The third-order valence-electron chi connectivity index (χ3n) is 3.06. The first kappa shape index (κ1) is 20.9. The largest absolute Gasteiger partial charge is 0.465 e. The van der Waals surface area contributed by atoms with E-state index in [4.69, 9.17) is 5.73 Å². The molecule has 3 N–H and O–H groups in total. The van der Waals surface area contributed by atoms with Gasteiger partial charge in [0.2, 0.25) is 5.91 Å². The molecule has 0 radical (unpaired) electrons. The molecule has 0 spiro atoms. The molecule has 0 aromatic heterocycles. The van der Waals surface area contributed by atoms with Crippen LogP contribution >= 0.6 is 12.4 Å². The van der Waals surface area contributed by atoms with Crippen LogP contribution < -0.4 is 11.1 Å². The number of halogens is 1. The number of nitrogens with one attached hydrogen (secondary N) is 1. The Morgan fingerprint density at radius 3 is 1.78 bits per heavy atom. The number of ether oxygens (including phenoxy) is 2. The zero-order valence-corrected chi connectivity index (χ0v) is 14.2. The molecule has 1 amide bonds. The second-order valence-electron chi connectivity index (χ2n) is 5.04. The SMILES string of the molecule is COC(=O)c1cc(NC(=O)[C@@H](N)C(C)C)cc(C(=O)OC)c1.Cl. The summed E-state index contributed by atoms with van der Waals surface area (Å²) in [5.41, 5.74) is 6.28. The predicted octanol–water partition coefficient (Wildman–Crippen LogP) is 1.60. The van der Waals surface area contributed by atoms with Crippen LogP contribution in [-0.2, 0) is 14.3 Å². The van der Waals surface area contributed by atoms with E-state index in [2.05, 4.69) is 14.8 Å². The third-order valence-corrected chi connectivity index (χ3v) is 3.06. The van der Waals surface area contributed by atoms with E-state index >= 15 is 0 Å². The first-order valence-electron chi connectivity index (χ1n) is 6.68. The van der Waals surface area contributed by atoms with E-state index in [1.54, 1.807) is 0 Å². The van der Waals surface area contributed by atoms with Gasteiger partial charge in [0.15, 0.2) is 0 Å². The topological polar surface area (TPSA) is 108 Å². The van der Waals surface area contributed by atoms with Gasteiger partial charge in [-0.1, -0.05) is 13.8 Å². The van der Waals surface area contributed by atoms with Crippen molar-refractivity contribution in [1.82, 2.24) is 0 Å². The predicted molar refractivity (Wildman–Crippen MR) is 87.8 cm³/mol. The second-order valence-corrected chi connectivity index (χ2v) is 5.04. The lowest BCUT2D eigenvalue weighted by Gasteiger charge is -2.16. The Morgan fingerprint density at radius 1 is 1.00 bits per heavy atom. The summed E-state index contributed by atoms with van der Waals surface area (Å²) in [6.07, 6.45) is 0. The van der Waals surface area contributed by atoms with Gasteiger partial charge in [-0.15, -0.1) is 12.4 Å². The van der Waals surface area contributed by atoms with Crippen molar-refractivity contribution in [2.45, 2.75) is 19.9 Å². The Hall–Kier alpha value is -2.12. The summed E-state index contributed by atoms with van der Waals surface area (Å²) in [7, 11) is 2.44. The number of carbonyl (C=O) groups is 3. The molecule has 0 saturated heterocycles. The smallest absolute Gasteiger partial charge is 0.337 e. The Kier molecular flexibility index (Phi) is 8.28. The molecule has 0 aliphatic rings. The summed E-state index contributed by atoms with van der Waals surface area (Å²) in [4.78, 5) is 35.3. The quantitative estimate of drug-likeness (QED) is 0.785. The van der Waals surface area contributed by atoms with Crippen LogP contribution in [0.15, 0.2) is 18.2 Å². The van der Waals surface area contributed by atoms with Gasteiger partial charge in [0, 0.05) is 5.69 Å². The molecule has 0 aliphatic heterocycles. The van der Waals surface area contributed by atoms with Crippen molar-refractivity contribution in [2.24, 2.45) is 11.7 Å². The van der Waals surface area contributed by atoms with Crippen LogP contribution in [0.3, 0.4) is 0 Å². The van der Waals surface area contributed by atoms with Crippen molar-refractivity contribution in [3.8, 4) is 0 Å². The molecule has 0 heterocycles. The lowest BCUT2D eigenvalue weighted by Crippen LogP contribution is -2.39. The maximum absolute atomic E-state index is 12.0. The van der Waals surface area contributed by atoms with E-state index in [0.29, 0.717) is 0 Å². The van der Waals surface area contributed by atoms with E-state index in [-0.39, 0.29) is 35.1 Å². The van der Waals surface area contributed by atoms with E-state index in [1.807, 2.05) is 13.8 Å². The molecule has 1 atom stereocenters. The fourth-order valence-corrected chi connectivity index (χ4v) is 1.70. The number of esters is 2. The normalized spacial score (nSPS) is 11.2. The molecule has 0 saturated carbocycles. The van der Waals surface area contributed by atoms with Crippen LogP contribution in [0, 0.1) is 5.92 Å². The monoisotopic (exact) mass is 344 g/mol. The van der Waals surface area contributed by atoms with Gasteiger partial charge in [0.25, 0.3) is 0 Å². The molecular weight excluding hydrogens is 324 g/mol. The summed E-state index contributed by atoms with van der Waals surface area (Å²) >= 11 is 0. The Labute approximate surface area is 140 Å². The van der Waals surface area contributed by atoms with E-state index < -0.39 is 23.9 Å². The number of rotatable bonds is 5. The van der Waals surface area contributed by atoms with Crippen LogP contribution in [0.25, 0.3) is 0 Å². The van der Waals surface area contributed by atoms with Gasteiger partial charge in [-0.05, 0) is 24.1 Å². The molecule has 0 unspecified atom stereocenters. The lowest BCUT2D eigenvalue weighted by atomic mass is 10.0. The summed E-state index contributed by atoms with van der Waals surface area (Å²) in [5.74, 6) is -1.72. The summed E-state index contributed by atoms with van der Waals surface area (Å²) in [6.45, 7) is 3.63. The number of carbonyl (C=O) groups excluding carboxylic acids is 3. The van der Waals surface area contributed by atoms with Crippen molar-refractivity contribution >= 4 is 35.9 Å². The molecule has 128 valence electrons. The highest BCUT2D eigenvalue weighted by Gasteiger charge is 2.19. The molecular formula is C15H21ClN2O5. The van der Waals surface area contributed by atoms with Gasteiger partial charge in [0.05, 0.1) is 31.4 Å². The molecule has 0 fully saturated rings. The highest BCUT2D eigenvalue weighted by atomic mass is 35.5. The van der Waals surface area contributed by atoms with Gasteiger partial charge >= 0.3 is 11.9 Å². The van der Waals surface area contributed by atoms with Crippen LogP contribution in [0.4, 0.5) is 5.69 Å². The molecule has 1 aromatic carbocycles. The van der Waals surface area contributed by atoms with Crippen LogP contribution in [0.5, 0.6) is 0 Å². The average Bonchev–Trinajstić information content (AvgIpc) is 2.51. The standard InChI is InChI=1S/C15H20N2O5.ClH/c1-8(2)12(16)13(18)17-11-6-9(14(19)21-3)5-10(7-11)15(20)22-4;/h5-8,12H,16H2,1-4H3,(H,17,18);1H/t12-;/m0./s1. The second kappa shape index (κ2) is 9.12. The van der Waals surface area contributed by atoms with Gasteiger partial charge in [-0.3, -0.25) is 4.79 Å².